The van der Waals surface area contributed by atoms with Gasteiger partial charge in [0.05, 0.1) is 31.0 Å². The first kappa shape index (κ1) is 21.1. The van der Waals surface area contributed by atoms with E-state index >= 15 is 0 Å². The summed E-state index contributed by atoms with van der Waals surface area (Å²) >= 11 is 0. The zero-order valence-corrected chi connectivity index (χ0v) is 17.9. The van der Waals surface area contributed by atoms with Crippen molar-refractivity contribution in [2.45, 2.75) is 38.8 Å². The molecule has 1 aliphatic rings. The van der Waals surface area contributed by atoms with Gasteiger partial charge in [0.15, 0.2) is 0 Å². The third kappa shape index (κ3) is 5.14. The minimum Gasteiger partial charge on any atom is -0.490 e. The largest absolute Gasteiger partial charge is 0.490 e. The van der Waals surface area contributed by atoms with Crippen molar-refractivity contribution in [1.29, 1.82) is 0 Å². The summed E-state index contributed by atoms with van der Waals surface area (Å²) in [6.45, 7) is 4.25. The molecule has 1 heterocycles. The molecule has 1 N–H and O–H groups in total. The number of aromatic nitrogens is 2. The molecule has 3 aromatic rings. The Bertz CT molecular complexity index is 1000. The first-order valence-electron chi connectivity index (χ1n) is 10.9. The summed E-state index contributed by atoms with van der Waals surface area (Å²) in [4.78, 5) is 13.1. The number of para-hydroxylation sites is 1. The zero-order chi connectivity index (χ0) is 21.5. The van der Waals surface area contributed by atoms with E-state index in [-0.39, 0.29) is 11.9 Å². The number of hydrogen-bond donors (Lipinski definition) is 1. The van der Waals surface area contributed by atoms with Crippen LogP contribution in [0, 0.1) is 0 Å². The number of carbonyl (C=O) groups is 1. The summed E-state index contributed by atoms with van der Waals surface area (Å²) in [5.74, 6) is 0.455. The van der Waals surface area contributed by atoms with Crippen molar-refractivity contribution >= 4 is 5.91 Å². The normalized spacial score (nSPS) is 15.3. The van der Waals surface area contributed by atoms with Gasteiger partial charge in [-0.2, -0.15) is 5.10 Å². The molecule has 2 aromatic carbocycles. The number of amides is 1. The van der Waals surface area contributed by atoms with Crippen molar-refractivity contribution < 1.29 is 14.3 Å². The molecule has 1 aliphatic carbocycles. The number of carbonyl (C=O) groups excluding carboxylic acids is 1. The van der Waals surface area contributed by atoms with E-state index in [9.17, 15) is 4.79 Å². The summed E-state index contributed by atoms with van der Waals surface area (Å²) in [6.07, 6.45) is 4.81. The molecule has 1 unspecified atom stereocenters. The van der Waals surface area contributed by atoms with Crippen LogP contribution in [-0.2, 0) is 17.7 Å². The molecular formula is C25H29N3O3. The van der Waals surface area contributed by atoms with Gasteiger partial charge < -0.3 is 14.8 Å². The SMILES string of the molecule is CCOCCOc1ccccc1C(=O)NC1CCCc2c1cnn2Cc1ccccc1. The second-order valence-electron chi connectivity index (χ2n) is 7.65. The monoisotopic (exact) mass is 419 g/mol. The van der Waals surface area contributed by atoms with Crippen LogP contribution in [0.15, 0.2) is 60.8 Å². The topological polar surface area (TPSA) is 65.4 Å². The first-order valence-corrected chi connectivity index (χ1v) is 10.9. The third-order valence-corrected chi connectivity index (χ3v) is 5.56. The lowest BCUT2D eigenvalue weighted by atomic mass is 9.92. The fourth-order valence-corrected chi connectivity index (χ4v) is 4.03. The van der Waals surface area contributed by atoms with Crippen molar-refractivity contribution in [2.75, 3.05) is 19.8 Å². The molecule has 4 rings (SSSR count). The number of fused-ring (bicyclic) bond motifs is 1. The van der Waals surface area contributed by atoms with E-state index in [2.05, 4.69) is 27.2 Å². The molecular weight excluding hydrogens is 390 g/mol. The van der Waals surface area contributed by atoms with E-state index in [4.69, 9.17) is 9.47 Å². The van der Waals surface area contributed by atoms with Gasteiger partial charge in [0, 0.05) is 17.9 Å². The van der Waals surface area contributed by atoms with E-state index in [1.807, 2.05) is 49.5 Å². The summed E-state index contributed by atoms with van der Waals surface area (Å²) in [5.41, 5.74) is 4.09. The van der Waals surface area contributed by atoms with Gasteiger partial charge in [0.25, 0.3) is 5.91 Å². The van der Waals surface area contributed by atoms with Crippen LogP contribution >= 0.6 is 0 Å². The quantitative estimate of drug-likeness (QED) is 0.529. The molecule has 6 nitrogen and oxygen atoms in total. The summed E-state index contributed by atoms with van der Waals surface area (Å²) < 4.78 is 13.2. The molecule has 1 atom stereocenters. The lowest BCUT2D eigenvalue weighted by molar-refractivity contribution is 0.0917. The highest BCUT2D eigenvalue weighted by Crippen LogP contribution is 2.31. The van der Waals surface area contributed by atoms with Crippen LogP contribution in [0.3, 0.4) is 0 Å². The molecule has 0 radical (unpaired) electrons. The molecule has 0 saturated carbocycles. The maximum Gasteiger partial charge on any atom is 0.255 e. The molecule has 6 heteroatoms. The highest BCUT2D eigenvalue weighted by molar-refractivity contribution is 5.97. The Kier molecular flexibility index (Phi) is 6.99. The van der Waals surface area contributed by atoms with Gasteiger partial charge in [-0.1, -0.05) is 42.5 Å². The maximum atomic E-state index is 13.1. The van der Waals surface area contributed by atoms with E-state index in [1.165, 1.54) is 11.3 Å². The highest BCUT2D eigenvalue weighted by Gasteiger charge is 2.26. The fourth-order valence-electron chi connectivity index (χ4n) is 4.03. The summed E-state index contributed by atoms with van der Waals surface area (Å²) in [7, 11) is 0. The van der Waals surface area contributed by atoms with Gasteiger partial charge >= 0.3 is 0 Å². The van der Waals surface area contributed by atoms with E-state index in [0.717, 1.165) is 31.4 Å². The van der Waals surface area contributed by atoms with Crippen molar-refractivity contribution in [1.82, 2.24) is 15.1 Å². The lowest BCUT2D eigenvalue weighted by Gasteiger charge is -2.24. The Morgan fingerprint density at radius 3 is 2.77 bits per heavy atom. The van der Waals surface area contributed by atoms with E-state index in [1.54, 1.807) is 6.07 Å². The van der Waals surface area contributed by atoms with Gasteiger partial charge in [-0.15, -0.1) is 0 Å². The van der Waals surface area contributed by atoms with Crippen LogP contribution in [-0.4, -0.2) is 35.5 Å². The second kappa shape index (κ2) is 10.3. The van der Waals surface area contributed by atoms with Gasteiger partial charge in [-0.3, -0.25) is 9.48 Å². The number of nitrogens with zero attached hydrogens (tertiary/aromatic N) is 2. The lowest BCUT2D eigenvalue weighted by Crippen LogP contribution is -2.31. The molecule has 0 aliphatic heterocycles. The molecule has 162 valence electrons. The number of ether oxygens (including phenoxy) is 2. The van der Waals surface area contributed by atoms with E-state index in [0.29, 0.717) is 31.1 Å². The van der Waals surface area contributed by atoms with Crippen molar-refractivity contribution in [3.8, 4) is 5.75 Å². The van der Waals surface area contributed by atoms with Gasteiger partial charge in [-0.05, 0) is 43.9 Å². The van der Waals surface area contributed by atoms with Crippen molar-refractivity contribution in [3.05, 3.63) is 83.2 Å². The van der Waals surface area contributed by atoms with Crippen LogP contribution in [0.4, 0.5) is 0 Å². The smallest absolute Gasteiger partial charge is 0.255 e. The molecule has 0 spiro atoms. The van der Waals surface area contributed by atoms with Crippen molar-refractivity contribution in [3.63, 3.8) is 0 Å². The average molecular weight is 420 g/mol. The molecule has 31 heavy (non-hydrogen) atoms. The fraction of sp³-hybridized carbons (Fsp3) is 0.360. The zero-order valence-electron chi connectivity index (χ0n) is 17.9. The molecule has 0 bridgehead atoms. The minimum absolute atomic E-state index is 0.0442. The molecule has 1 amide bonds. The first-order chi connectivity index (χ1) is 15.3. The Hall–Kier alpha value is -3.12. The van der Waals surface area contributed by atoms with Gasteiger partial charge in [0.1, 0.15) is 12.4 Å². The molecule has 0 saturated heterocycles. The predicted molar refractivity (Wildman–Crippen MR) is 119 cm³/mol. The van der Waals surface area contributed by atoms with Crippen LogP contribution < -0.4 is 10.1 Å². The summed E-state index contributed by atoms with van der Waals surface area (Å²) in [6, 6.07) is 17.6. The maximum absolute atomic E-state index is 13.1. The number of benzene rings is 2. The Morgan fingerprint density at radius 1 is 1.13 bits per heavy atom. The van der Waals surface area contributed by atoms with Crippen LogP contribution in [0.1, 0.15) is 53.0 Å². The number of rotatable bonds is 9. The Morgan fingerprint density at radius 2 is 1.94 bits per heavy atom. The number of hydrogen-bond acceptors (Lipinski definition) is 4. The summed E-state index contributed by atoms with van der Waals surface area (Å²) in [5, 5.41) is 7.83. The standard InChI is InChI=1S/C25H29N3O3/c1-2-30-15-16-31-24-14-7-6-11-20(24)25(29)27-22-12-8-13-23-21(22)17-26-28(23)18-19-9-4-3-5-10-19/h3-7,9-11,14,17,22H,2,8,12-13,15-16,18H2,1H3,(H,27,29). The third-order valence-electron chi connectivity index (χ3n) is 5.56. The minimum atomic E-state index is -0.124. The number of nitrogens with one attached hydrogen (secondary N) is 1. The average Bonchev–Trinajstić information content (AvgIpc) is 3.21. The highest BCUT2D eigenvalue weighted by atomic mass is 16.5. The Balaban J connectivity index is 1.46. The van der Waals surface area contributed by atoms with Gasteiger partial charge in [0.2, 0.25) is 0 Å². The predicted octanol–water partition coefficient (Wildman–Crippen LogP) is 4.15. The van der Waals surface area contributed by atoms with Crippen molar-refractivity contribution in [2.24, 2.45) is 0 Å². The van der Waals surface area contributed by atoms with Crippen LogP contribution in [0.5, 0.6) is 5.75 Å². The van der Waals surface area contributed by atoms with Gasteiger partial charge in [-0.25, -0.2) is 0 Å². The second-order valence-corrected chi connectivity index (χ2v) is 7.65. The van der Waals surface area contributed by atoms with Crippen LogP contribution in [0.25, 0.3) is 0 Å². The molecule has 1 aromatic heterocycles. The molecule has 0 fully saturated rings. The van der Waals surface area contributed by atoms with E-state index < -0.39 is 0 Å². The Labute approximate surface area is 183 Å². The van der Waals surface area contributed by atoms with Crippen LogP contribution in [0.2, 0.25) is 0 Å².